The van der Waals surface area contributed by atoms with Gasteiger partial charge in [-0.3, -0.25) is 10.1 Å². The summed E-state index contributed by atoms with van der Waals surface area (Å²) in [5.41, 5.74) is 5.08. The first-order chi connectivity index (χ1) is 12.5. The van der Waals surface area contributed by atoms with Crippen molar-refractivity contribution in [1.29, 1.82) is 0 Å². The predicted molar refractivity (Wildman–Crippen MR) is 103 cm³/mol. The second-order valence-electron chi connectivity index (χ2n) is 5.88. The van der Waals surface area contributed by atoms with Crippen molar-refractivity contribution in [3.05, 3.63) is 70.1 Å². The number of nitrogens with zero attached hydrogens (tertiary/aromatic N) is 1. The fourth-order valence-corrected chi connectivity index (χ4v) is 3.31. The highest BCUT2D eigenvalue weighted by atomic mass is 32.1. The number of esters is 1. The fraction of sp³-hybridized carbons (Fsp3) is 0.150. The molecular weight excluding hydrogens is 348 g/mol. The molecule has 132 valence electrons. The van der Waals surface area contributed by atoms with E-state index in [0.717, 1.165) is 16.8 Å². The molecule has 1 N–H and O–H groups in total. The summed E-state index contributed by atoms with van der Waals surface area (Å²) in [6, 6.07) is 12.5. The molecule has 0 aliphatic rings. The molecule has 0 unspecified atom stereocenters. The van der Waals surface area contributed by atoms with Crippen LogP contribution in [0.2, 0.25) is 0 Å². The van der Waals surface area contributed by atoms with E-state index in [0.29, 0.717) is 16.3 Å². The summed E-state index contributed by atoms with van der Waals surface area (Å²) >= 11 is 1.37. The Balaban J connectivity index is 1.74. The molecule has 1 amide bonds. The summed E-state index contributed by atoms with van der Waals surface area (Å²) in [6.45, 7) is 4.09. The molecule has 26 heavy (non-hydrogen) atoms. The first kappa shape index (κ1) is 17.8. The van der Waals surface area contributed by atoms with Gasteiger partial charge in [0.2, 0.25) is 0 Å². The van der Waals surface area contributed by atoms with Gasteiger partial charge in [0.25, 0.3) is 5.91 Å². The minimum atomic E-state index is -0.435. The SMILES string of the molecule is COC(=O)c1ccc(C(=O)Nc2nc(-c3ccc(C)cc3C)cs2)cc1. The number of thiazole rings is 1. The molecule has 3 rings (SSSR count). The van der Waals surface area contributed by atoms with Crippen LogP contribution in [0.4, 0.5) is 5.13 Å². The minimum Gasteiger partial charge on any atom is -0.465 e. The van der Waals surface area contributed by atoms with Gasteiger partial charge >= 0.3 is 5.97 Å². The molecule has 0 saturated heterocycles. The molecule has 0 fully saturated rings. The third-order valence-electron chi connectivity index (χ3n) is 3.95. The lowest BCUT2D eigenvalue weighted by Crippen LogP contribution is -2.12. The van der Waals surface area contributed by atoms with Crippen LogP contribution in [0.3, 0.4) is 0 Å². The summed E-state index contributed by atoms with van der Waals surface area (Å²) in [7, 11) is 1.32. The van der Waals surface area contributed by atoms with Crippen LogP contribution in [0.5, 0.6) is 0 Å². The maximum absolute atomic E-state index is 12.4. The first-order valence-electron chi connectivity index (χ1n) is 8.01. The van der Waals surface area contributed by atoms with Gasteiger partial charge in [0.15, 0.2) is 5.13 Å². The lowest BCUT2D eigenvalue weighted by atomic mass is 10.0. The normalized spacial score (nSPS) is 10.4. The molecule has 1 aromatic heterocycles. The summed E-state index contributed by atoms with van der Waals surface area (Å²) in [4.78, 5) is 28.3. The van der Waals surface area contributed by atoms with Gasteiger partial charge in [-0.15, -0.1) is 11.3 Å². The van der Waals surface area contributed by atoms with Crippen molar-refractivity contribution in [3.8, 4) is 11.3 Å². The van der Waals surface area contributed by atoms with Crippen LogP contribution in [-0.4, -0.2) is 24.0 Å². The lowest BCUT2D eigenvalue weighted by molar-refractivity contribution is 0.0600. The Morgan fingerprint density at radius 2 is 1.73 bits per heavy atom. The fourth-order valence-electron chi connectivity index (χ4n) is 2.60. The van der Waals surface area contributed by atoms with Crippen LogP contribution < -0.4 is 5.32 Å². The van der Waals surface area contributed by atoms with Gasteiger partial charge in [0.1, 0.15) is 0 Å². The number of methoxy groups -OCH3 is 1. The van der Waals surface area contributed by atoms with Crippen molar-refractivity contribution in [2.75, 3.05) is 12.4 Å². The average Bonchev–Trinajstić information content (AvgIpc) is 3.09. The van der Waals surface area contributed by atoms with Gasteiger partial charge < -0.3 is 4.74 Å². The van der Waals surface area contributed by atoms with Crippen molar-refractivity contribution < 1.29 is 14.3 Å². The van der Waals surface area contributed by atoms with Crippen molar-refractivity contribution in [2.45, 2.75) is 13.8 Å². The van der Waals surface area contributed by atoms with Gasteiger partial charge in [0.05, 0.1) is 18.4 Å². The van der Waals surface area contributed by atoms with E-state index in [9.17, 15) is 9.59 Å². The van der Waals surface area contributed by atoms with Gasteiger partial charge in [0, 0.05) is 16.5 Å². The number of anilines is 1. The third kappa shape index (κ3) is 3.81. The number of ether oxygens (including phenoxy) is 1. The Morgan fingerprint density at radius 1 is 1.04 bits per heavy atom. The molecule has 0 atom stereocenters. The van der Waals surface area contributed by atoms with Crippen LogP contribution in [0, 0.1) is 13.8 Å². The maximum Gasteiger partial charge on any atom is 0.337 e. The molecule has 5 nitrogen and oxygen atoms in total. The lowest BCUT2D eigenvalue weighted by Gasteiger charge is -2.04. The van der Waals surface area contributed by atoms with Crippen molar-refractivity contribution in [3.63, 3.8) is 0 Å². The Morgan fingerprint density at radius 3 is 2.38 bits per heavy atom. The molecule has 0 bridgehead atoms. The number of benzene rings is 2. The van der Waals surface area contributed by atoms with E-state index in [1.54, 1.807) is 24.3 Å². The van der Waals surface area contributed by atoms with Gasteiger partial charge in [-0.05, 0) is 43.7 Å². The number of aromatic nitrogens is 1. The molecule has 0 saturated carbocycles. The Kier molecular flexibility index (Phi) is 5.14. The molecule has 0 radical (unpaired) electrons. The zero-order chi connectivity index (χ0) is 18.7. The van der Waals surface area contributed by atoms with E-state index in [4.69, 9.17) is 0 Å². The van der Waals surface area contributed by atoms with Crippen LogP contribution in [0.25, 0.3) is 11.3 Å². The summed E-state index contributed by atoms with van der Waals surface area (Å²) in [6.07, 6.45) is 0. The molecule has 3 aromatic rings. The standard InChI is InChI=1S/C20H18N2O3S/c1-12-4-9-16(13(2)10-12)17-11-26-20(21-17)22-18(23)14-5-7-15(8-6-14)19(24)25-3/h4-11H,1-3H3,(H,21,22,23). The van der Waals surface area contributed by atoms with Crippen molar-refractivity contribution in [2.24, 2.45) is 0 Å². The first-order valence-corrected chi connectivity index (χ1v) is 8.89. The van der Waals surface area contributed by atoms with Crippen molar-refractivity contribution in [1.82, 2.24) is 4.98 Å². The number of carbonyl (C=O) groups is 2. The maximum atomic E-state index is 12.4. The number of hydrogen-bond acceptors (Lipinski definition) is 5. The van der Waals surface area contributed by atoms with Gasteiger partial charge in [-0.1, -0.05) is 23.8 Å². The summed E-state index contributed by atoms with van der Waals surface area (Å²) in [5, 5.41) is 5.25. The predicted octanol–water partition coefficient (Wildman–Crippen LogP) is 4.47. The largest absolute Gasteiger partial charge is 0.465 e. The monoisotopic (exact) mass is 366 g/mol. The highest BCUT2D eigenvalue weighted by Gasteiger charge is 2.12. The average molecular weight is 366 g/mol. The topological polar surface area (TPSA) is 68.3 Å². The van der Waals surface area contributed by atoms with E-state index in [1.807, 2.05) is 24.4 Å². The number of amides is 1. The Labute approximate surface area is 155 Å². The molecule has 0 aliphatic heterocycles. The second kappa shape index (κ2) is 7.49. The quantitative estimate of drug-likeness (QED) is 0.692. The van der Waals surface area contributed by atoms with E-state index >= 15 is 0 Å². The van der Waals surface area contributed by atoms with Crippen LogP contribution in [0.1, 0.15) is 31.8 Å². The Hall–Kier alpha value is -2.99. The highest BCUT2D eigenvalue weighted by molar-refractivity contribution is 7.14. The molecule has 0 aliphatic carbocycles. The van der Waals surface area contributed by atoms with E-state index in [1.165, 1.54) is 24.0 Å². The van der Waals surface area contributed by atoms with Gasteiger partial charge in [-0.25, -0.2) is 9.78 Å². The molecule has 2 aromatic carbocycles. The molecule has 0 spiro atoms. The Bertz CT molecular complexity index is 961. The highest BCUT2D eigenvalue weighted by Crippen LogP contribution is 2.28. The number of rotatable bonds is 4. The molecule has 1 heterocycles. The van der Waals surface area contributed by atoms with Gasteiger partial charge in [-0.2, -0.15) is 0 Å². The number of hydrogen-bond donors (Lipinski definition) is 1. The van der Waals surface area contributed by atoms with Crippen molar-refractivity contribution >= 4 is 28.3 Å². The molecule has 6 heteroatoms. The minimum absolute atomic E-state index is 0.275. The van der Waals surface area contributed by atoms with Crippen LogP contribution >= 0.6 is 11.3 Å². The smallest absolute Gasteiger partial charge is 0.337 e. The number of aryl methyl sites for hydroxylation is 2. The number of nitrogens with one attached hydrogen (secondary N) is 1. The van der Waals surface area contributed by atoms with E-state index in [2.05, 4.69) is 28.0 Å². The second-order valence-corrected chi connectivity index (χ2v) is 6.74. The third-order valence-corrected chi connectivity index (χ3v) is 4.71. The van der Waals surface area contributed by atoms with E-state index < -0.39 is 5.97 Å². The number of carbonyl (C=O) groups excluding carboxylic acids is 2. The zero-order valence-electron chi connectivity index (χ0n) is 14.7. The van der Waals surface area contributed by atoms with Crippen LogP contribution in [0.15, 0.2) is 47.8 Å². The summed E-state index contributed by atoms with van der Waals surface area (Å²) < 4.78 is 4.65. The van der Waals surface area contributed by atoms with E-state index in [-0.39, 0.29) is 5.91 Å². The summed E-state index contributed by atoms with van der Waals surface area (Å²) in [5.74, 6) is -0.710. The van der Waals surface area contributed by atoms with Crippen LogP contribution in [-0.2, 0) is 4.74 Å². The molecular formula is C20H18N2O3S. The zero-order valence-corrected chi connectivity index (χ0v) is 15.5.